The number of nitrogens with two attached hydrogens (primary N) is 1. The largest absolute Gasteiger partial charge is 0.491 e. The molecule has 21 heavy (non-hydrogen) atoms. The van der Waals surface area contributed by atoms with Crippen LogP contribution in [0.25, 0.3) is 6.08 Å². The highest BCUT2D eigenvalue weighted by atomic mass is 35.5. The van der Waals surface area contributed by atoms with Gasteiger partial charge in [0.25, 0.3) is 0 Å². The first kappa shape index (κ1) is 16.5. The highest BCUT2D eigenvalue weighted by Crippen LogP contribution is 2.38. The second-order valence-electron chi connectivity index (χ2n) is 6.39. The Bertz CT molecular complexity index is 557. The van der Waals surface area contributed by atoms with Gasteiger partial charge in [0.1, 0.15) is 5.15 Å². The first-order valence-corrected chi connectivity index (χ1v) is 7.42. The van der Waals surface area contributed by atoms with Crippen molar-refractivity contribution in [2.24, 2.45) is 5.73 Å². The van der Waals surface area contributed by atoms with E-state index in [0.717, 1.165) is 16.6 Å². The number of aryl methyl sites for hydroxylation is 1. The molecule has 6 heteroatoms. The average molecular weight is 309 g/mol. The van der Waals surface area contributed by atoms with Crippen molar-refractivity contribution in [3.05, 3.63) is 34.0 Å². The Morgan fingerprint density at radius 1 is 1.33 bits per heavy atom. The molecule has 0 aliphatic carbocycles. The van der Waals surface area contributed by atoms with Crippen LogP contribution in [0.5, 0.6) is 0 Å². The van der Waals surface area contributed by atoms with E-state index >= 15 is 0 Å². The van der Waals surface area contributed by atoms with E-state index in [1.807, 2.05) is 46.8 Å². The predicted octanol–water partition coefficient (Wildman–Crippen LogP) is 3.02. The molecule has 0 saturated carbocycles. The molecule has 1 aliphatic rings. The SMILES string of the molecule is Cc1cc(C=C(CN)B2OC(C)(C)C(C)(C)O2)cnc1Cl. The Hall–Kier alpha value is -0.875. The highest BCUT2D eigenvalue weighted by molar-refractivity contribution is 6.55. The van der Waals surface area contributed by atoms with Crippen molar-refractivity contribution in [2.75, 3.05) is 6.54 Å². The van der Waals surface area contributed by atoms with Crippen molar-refractivity contribution in [3.63, 3.8) is 0 Å². The van der Waals surface area contributed by atoms with Crippen LogP contribution in [-0.4, -0.2) is 29.8 Å². The van der Waals surface area contributed by atoms with Gasteiger partial charge in [-0.05, 0) is 57.3 Å². The van der Waals surface area contributed by atoms with Crippen LogP contribution < -0.4 is 5.73 Å². The van der Waals surface area contributed by atoms with E-state index in [-0.39, 0.29) is 11.2 Å². The fraction of sp³-hybridized carbons (Fsp3) is 0.533. The zero-order valence-corrected chi connectivity index (χ0v) is 14.0. The van der Waals surface area contributed by atoms with E-state index in [2.05, 4.69) is 4.98 Å². The molecule has 0 spiro atoms. The van der Waals surface area contributed by atoms with Crippen LogP contribution in [0.1, 0.15) is 38.8 Å². The second kappa shape index (κ2) is 5.73. The van der Waals surface area contributed by atoms with Crippen LogP contribution in [0.3, 0.4) is 0 Å². The number of aromatic nitrogens is 1. The highest BCUT2D eigenvalue weighted by Gasteiger charge is 2.52. The summed E-state index contributed by atoms with van der Waals surface area (Å²) in [6, 6.07) is 1.97. The normalized spacial score (nSPS) is 20.9. The van der Waals surface area contributed by atoms with E-state index < -0.39 is 7.12 Å². The molecule has 0 atom stereocenters. The Morgan fingerprint density at radius 2 is 1.90 bits per heavy atom. The topological polar surface area (TPSA) is 57.4 Å². The summed E-state index contributed by atoms with van der Waals surface area (Å²) in [6.07, 6.45) is 3.68. The molecule has 0 unspecified atom stereocenters. The van der Waals surface area contributed by atoms with Gasteiger partial charge >= 0.3 is 7.12 Å². The first-order chi connectivity index (χ1) is 9.66. The Kier molecular flexibility index (Phi) is 4.50. The van der Waals surface area contributed by atoms with Gasteiger partial charge in [0.2, 0.25) is 0 Å². The van der Waals surface area contributed by atoms with Crippen molar-refractivity contribution in [1.29, 1.82) is 0 Å². The van der Waals surface area contributed by atoms with E-state index in [4.69, 9.17) is 26.6 Å². The molecule has 2 N–H and O–H groups in total. The average Bonchev–Trinajstić information content (AvgIpc) is 2.59. The summed E-state index contributed by atoms with van der Waals surface area (Å²) in [5, 5.41) is 0.511. The summed E-state index contributed by atoms with van der Waals surface area (Å²) < 4.78 is 12.1. The lowest BCUT2D eigenvalue weighted by Gasteiger charge is -2.32. The summed E-state index contributed by atoms with van der Waals surface area (Å²) in [5.41, 5.74) is 7.87. The molecule has 1 saturated heterocycles. The monoisotopic (exact) mass is 308 g/mol. The van der Waals surface area contributed by atoms with Gasteiger partial charge in [0, 0.05) is 12.7 Å². The zero-order valence-electron chi connectivity index (χ0n) is 13.2. The minimum atomic E-state index is -0.434. The second-order valence-corrected chi connectivity index (χ2v) is 6.75. The fourth-order valence-electron chi connectivity index (χ4n) is 2.09. The molecule has 0 aromatic carbocycles. The minimum absolute atomic E-state index is 0.360. The molecule has 4 nitrogen and oxygen atoms in total. The van der Waals surface area contributed by atoms with Crippen molar-refractivity contribution in [3.8, 4) is 0 Å². The summed E-state index contributed by atoms with van der Waals surface area (Å²) in [4.78, 5) is 4.15. The third kappa shape index (κ3) is 3.32. The maximum atomic E-state index is 6.03. The number of hydrogen-bond acceptors (Lipinski definition) is 4. The van der Waals surface area contributed by atoms with Crippen LogP contribution in [0, 0.1) is 6.92 Å². The number of halogens is 1. The van der Waals surface area contributed by atoms with Gasteiger partial charge in [-0.15, -0.1) is 0 Å². The van der Waals surface area contributed by atoms with E-state index in [1.54, 1.807) is 6.20 Å². The molecule has 1 aromatic rings. The number of rotatable bonds is 3. The summed E-state index contributed by atoms with van der Waals surface area (Å²) >= 11 is 5.95. The maximum Gasteiger partial charge on any atom is 0.491 e. The molecular formula is C15H22BClN2O2. The lowest BCUT2D eigenvalue weighted by Crippen LogP contribution is -2.41. The summed E-state index contributed by atoms with van der Waals surface area (Å²) in [7, 11) is -0.434. The third-order valence-corrected chi connectivity index (χ3v) is 4.57. The lowest BCUT2D eigenvalue weighted by molar-refractivity contribution is 0.00578. The van der Waals surface area contributed by atoms with Gasteiger partial charge in [-0.2, -0.15) is 0 Å². The molecule has 1 fully saturated rings. The molecule has 1 aliphatic heterocycles. The quantitative estimate of drug-likeness (QED) is 0.689. The minimum Gasteiger partial charge on any atom is -0.400 e. The van der Waals surface area contributed by atoms with Crippen molar-refractivity contribution in [1.82, 2.24) is 4.98 Å². The lowest BCUT2D eigenvalue weighted by atomic mass is 9.77. The van der Waals surface area contributed by atoms with Gasteiger partial charge < -0.3 is 15.0 Å². The Morgan fingerprint density at radius 3 is 2.38 bits per heavy atom. The Balaban J connectivity index is 2.28. The van der Waals surface area contributed by atoms with Crippen LogP contribution in [0.15, 0.2) is 17.7 Å². The molecule has 1 aromatic heterocycles. The molecule has 2 heterocycles. The van der Waals surface area contributed by atoms with Crippen molar-refractivity contribution < 1.29 is 9.31 Å². The van der Waals surface area contributed by atoms with E-state index in [1.165, 1.54) is 0 Å². The maximum absolute atomic E-state index is 6.03. The summed E-state index contributed by atoms with van der Waals surface area (Å²) in [5.74, 6) is 0. The van der Waals surface area contributed by atoms with Crippen LogP contribution >= 0.6 is 11.6 Å². The smallest absolute Gasteiger partial charge is 0.400 e. The van der Waals surface area contributed by atoms with Gasteiger partial charge in [0.15, 0.2) is 0 Å². The number of pyridine rings is 1. The van der Waals surface area contributed by atoms with Gasteiger partial charge in [0.05, 0.1) is 11.2 Å². The number of hydrogen-bond donors (Lipinski definition) is 1. The molecule has 0 radical (unpaired) electrons. The molecule has 0 amide bonds. The predicted molar refractivity (Wildman–Crippen MR) is 87.1 cm³/mol. The van der Waals surface area contributed by atoms with Crippen LogP contribution in [-0.2, 0) is 9.31 Å². The first-order valence-electron chi connectivity index (χ1n) is 7.04. The van der Waals surface area contributed by atoms with Gasteiger partial charge in [-0.3, -0.25) is 0 Å². The van der Waals surface area contributed by atoms with E-state index in [9.17, 15) is 0 Å². The third-order valence-electron chi connectivity index (χ3n) is 4.18. The van der Waals surface area contributed by atoms with Gasteiger partial charge in [-0.25, -0.2) is 4.98 Å². The number of nitrogens with zero attached hydrogens (tertiary/aromatic N) is 1. The van der Waals surface area contributed by atoms with E-state index in [0.29, 0.717) is 11.7 Å². The fourth-order valence-corrected chi connectivity index (χ4v) is 2.19. The van der Waals surface area contributed by atoms with Crippen molar-refractivity contribution in [2.45, 2.75) is 45.8 Å². The van der Waals surface area contributed by atoms with Crippen LogP contribution in [0.4, 0.5) is 0 Å². The summed E-state index contributed by atoms with van der Waals surface area (Å²) in [6.45, 7) is 10.4. The van der Waals surface area contributed by atoms with Crippen LogP contribution in [0.2, 0.25) is 5.15 Å². The molecule has 0 bridgehead atoms. The van der Waals surface area contributed by atoms with Crippen molar-refractivity contribution >= 4 is 24.8 Å². The molecule has 114 valence electrons. The van der Waals surface area contributed by atoms with Gasteiger partial charge in [-0.1, -0.05) is 17.7 Å². The Labute approximate surface area is 131 Å². The molecular weight excluding hydrogens is 286 g/mol. The standard InChI is InChI=1S/C15H22BClN2O2/c1-10-6-11(9-19-13(10)17)7-12(8-18)16-20-14(2,3)15(4,5)21-16/h6-7,9H,8,18H2,1-5H3. The zero-order chi connectivity index (χ0) is 15.8. The molecule has 2 rings (SSSR count).